The third-order valence-corrected chi connectivity index (χ3v) is 2.40. The van der Waals surface area contributed by atoms with E-state index in [2.05, 4.69) is 11.2 Å². The zero-order valence-corrected chi connectivity index (χ0v) is 10.3. The lowest BCUT2D eigenvalue weighted by atomic mass is 10.2. The van der Waals surface area contributed by atoms with Crippen molar-refractivity contribution in [3.8, 4) is 12.3 Å². The van der Waals surface area contributed by atoms with Gasteiger partial charge in [-0.3, -0.25) is 0 Å². The lowest BCUT2D eigenvalue weighted by Gasteiger charge is -2.18. The fourth-order valence-electron chi connectivity index (χ4n) is 1.41. The molecule has 100 valence electrons. The molecular weight excluding hydrogens is 251 g/mol. The first-order valence-electron chi connectivity index (χ1n) is 5.51. The molecule has 0 bridgehead atoms. The van der Waals surface area contributed by atoms with E-state index >= 15 is 0 Å². The number of carboxylic acid groups (broad SMARTS) is 1. The van der Waals surface area contributed by atoms with Gasteiger partial charge in [0.2, 0.25) is 0 Å². The molecule has 2 amide bonds. The Morgan fingerprint density at radius 3 is 2.74 bits per heavy atom. The number of terminal acetylenes is 1. The number of amides is 2. The third kappa shape index (κ3) is 3.71. The lowest BCUT2D eigenvalue weighted by Crippen LogP contribution is -2.35. The molecule has 5 nitrogen and oxygen atoms in total. The number of nitrogens with one attached hydrogen (secondary N) is 1. The van der Waals surface area contributed by atoms with Crippen LogP contribution >= 0.6 is 0 Å². The molecule has 0 spiro atoms. The average Bonchev–Trinajstić information content (AvgIpc) is 2.37. The van der Waals surface area contributed by atoms with E-state index in [-0.39, 0.29) is 12.2 Å². The highest BCUT2D eigenvalue weighted by molar-refractivity contribution is 5.93. The SMILES string of the molecule is C#CCN(CC)C(=O)Nc1ccc(F)c(C(=O)O)c1. The number of carbonyl (C=O) groups excluding carboxylic acids is 1. The molecule has 0 fully saturated rings. The molecule has 1 aromatic carbocycles. The summed E-state index contributed by atoms with van der Waals surface area (Å²) in [5.41, 5.74) is -0.308. The second-order valence-corrected chi connectivity index (χ2v) is 3.65. The summed E-state index contributed by atoms with van der Waals surface area (Å²) < 4.78 is 13.2. The summed E-state index contributed by atoms with van der Waals surface area (Å²) in [4.78, 5) is 23.9. The molecule has 1 aromatic rings. The maximum Gasteiger partial charge on any atom is 0.338 e. The molecule has 1 rings (SSSR count). The van der Waals surface area contributed by atoms with Crippen LogP contribution in [-0.4, -0.2) is 35.1 Å². The first-order valence-corrected chi connectivity index (χ1v) is 5.51. The molecule has 0 radical (unpaired) electrons. The normalized spacial score (nSPS) is 9.53. The average molecular weight is 264 g/mol. The van der Waals surface area contributed by atoms with Gasteiger partial charge in [-0.25, -0.2) is 14.0 Å². The van der Waals surface area contributed by atoms with Crippen molar-refractivity contribution >= 4 is 17.7 Å². The van der Waals surface area contributed by atoms with Gasteiger partial charge in [-0.2, -0.15) is 0 Å². The highest BCUT2D eigenvalue weighted by atomic mass is 19.1. The van der Waals surface area contributed by atoms with E-state index in [4.69, 9.17) is 11.5 Å². The molecule has 0 unspecified atom stereocenters. The minimum atomic E-state index is -1.40. The van der Waals surface area contributed by atoms with Gasteiger partial charge in [-0.15, -0.1) is 6.42 Å². The van der Waals surface area contributed by atoms with Crippen LogP contribution in [0.1, 0.15) is 17.3 Å². The molecule has 0 saturated heterocycles. The van der Waals surface area contributed by atoms with E-state index in [1.807, 2.05) is 0 Å². The molecule has 6 heteroatoms. The van der Waals surface area contributed by atoms with Crippen LogP contribution in [0.15, 0.2) is 18.2 Å². The van der Waals surface area contributed by atoms with Crippen molar-refractivity contribution in [3.05, 3.63) is 29.6 Å². The van der Waals surface area contributed by atoms with E-state index in [9.17, 15) is 14.0 Å². The number of rotatable bonds is 4. The third-order valence-electron chi connectivity index (χ3n) is 2.40. The summed E-state index contributed by atoms with van der Waals surface area (Å²) in [5.74, 6) is 0.0768. The van der Waals surface area contributed by atoms with Gasteiger partial charge in [0.25, 0.3) is 0 Å². The molecule has 0 aliphatic rings. The van der Waals surface area contributed by atoms with Gasteiger partial charge >= 0.3 is 12.0 Å². The Morgan fingerprint density at radius 2 is 2.21 bits per heavy atom. The lowest BCUT2D eigenvalue weighted by molar-refractivity contribution is 0.0692. The Bertz CT molecular complexity index is 537. The van der Waals surface area contributed by atoms with E-state index in [0.717, 1.165) is 12.1 Å². The van der Waals surface area contributed by atoms with Crippen LogP contribution in [0.5, 0.6) is 0 Å². The van der Waals surface area contributed by atoms with Crippen LogP contribution in [0.4, 0.5) is 14.9 Å². The van der Waals surface area contributed by atoms with Gasteiger partial charge in [0.15, 0.2) is 0 Å². The number of carbonyl (C=O) groups is 2. The summed E-state index contributed by atoms with van der Waals surface area (Å²) in [6.45, 7) is 2.29. The topological polar surface area (TPSA) is 69.6 Å². The van der Waals surface area contributed by atoms with Crippen LogP contribution in [0.2, 0.25) is 0 Å². The highest BCUT2D eigenvalue weighted by Crippen LogP contribution is 2.15. The summed E-state index contributed by atoms with van der Waals surface area (Å²) in [6, 6.07) is 2.85. The first-order chi connectivity index (χ1) is 8.99. The number of hydrogen-bond donors (Lipinski definition) is 2. The molecule has 0 saturated carbocycles. The van der Waals surface area contributed by atoms with Gasteiger partial charge in [0.1, 0.15) is 5.82 Å². The largest absolute Gasteiger partial charge is 0.478 e. The van der Waals surface area contributed by atoms with Gasteiger partial charge < -0.3 is 15.3 Å². The zero-order chi connectivity index (χ0) is 14.4. The van der Waals surface area contributed by atoms with Crippen LogP contribution in [0, 0.1) is 18.2 Å². The van der Waals surface area contributed by atoms with Crippen LogP contribution in [0.25, 0.3) is 0 Å². The van der Waals surface area contributed by atoms with Crippen LogP contribution < -0.4 is 5.32 Å². The molecule has 0 heterocycles. The molecular formula is C13H13FN2O3. The van der Waals surface area contributed by atoms with Crippen molar-refractivity contribution < 1.29 is 19.1 Å². The summed E-state index contributed by atoms with van der Waals surface area (Å²) >= 11 is 0. The Morgan fingerprint density at radius 1 is 1.53 bits per heavy atom. The van der Waals surface area contributed by atoms with E-state index in [1.165, 1.54) is 11.0 Å². The number of nitrogens with zero attached hydrogens (tertiary/aromatic N) is 1. The molecule has 19 heavy (non-hydrogen) atoms. The monoisotopic (exact) mass is 264 g/mol. The standard InChI is InChI=1S/C13H13FN2O3/c1-3-7-16(4-2)13(19)15-9-5-6-11(14)10(8-9)12(17)18/h1,5-6,8H,4,7H2,2H3,(H,15,19)(H,17,18). The first kappa shape index (κ1) is 14.5. The molecule has 0 aromatic heterocycles. The zero-order valence-electron chi connectivity index (χ0n) is 10.3. The van der Waals surface area contributed by atoms with Crippen molar-refractivity contribution in [2.45, 2.75) is 6.92 Å². The second kappa shape index (κ2) is 6.40. The number of halogens is 1. The number of aromatic carboxylic acids is 1. The Kier molecular flexibility index (Phi) is 4.89. The fraction of sp³-hybridized carbons (Fsp3) is 0.231. The minimum Gasteiger partial charge on any atom is -0.478 e. The van der Waals surface area contributed by atoms with Crippen molar-refractivity contribution in [2.24, 2.45) is 0 Å². The molecule has 0 aliphatic carbocycles. The number of hydrogen-bond acceptors (Lipinski definition) is 2. The Balaban J connectivity index is 2.88. The van der Waals surface area contributed by atoms with Crippen LogP contribution in [-0.2, 0) is 0 Å². The second-order valence-electron chi connectivity index (χ2n) is 3.65. The molecule has 2 N–H and O–H groups in total. The summed E-state index contributed by atoms with van der Waals surface area (Å²) in [6.07, 6.45) is 5.12. The highest BCUT2D eigenvalue weighted by Gasteiger charge is 2.14. The summed E-state index contributed by atoms with van der Waals surface area (Å²) in [5, 5.41) is 11.2. The predicted octanol–water partition coefficient (Wildman–Crippen LogP) is 2.01. The Hall–Kier alpha value is -2.55. The van der Waals surface area contributed by atoms with Crippen molar-refractivity contribution in [2.75, 3.05) is 18.4 Å². The predicted molar refractivity (Wildman–Crippen MR) is 68.5 cm³/mol. The van der Waals surface area contributed by atoms with E-state index < -0.39 is 23.4 Å². The summed E-state index contributed by atoms with van der Waals surface area (Å²) in [7, 11) is 0. The van der Waals surface area contributed by atoms with Gasteiger partial charge in [-0.05, 0) is 25.1 Å². The number of anilines is 1. The fourth-order valence-corrected chi connectivity index (χ4v) is 1.41. The maximum atomic E-state index is 13.2. The molecule has 0 atom stereocenters. The van der Waals surface area contributed by atoms with Crippen molar-refractivity contribution in [1.29, 1.82) is 0 Å². The number of urea groups is 1. The number of benzene rings is 1. The smallest absolute Gasteiger partial charge is 0.338 e. The minimum absolute atomic E-state index is 0.134. The van der Waals surface area contributed by atoms with Gasteiger partial charge in [0, 0.05) is 12.2 Å². The maximum absolute atomic E-state index is 13.2. The van der Waals surface area contributed by atoms with Crippen molar-refractivity contribution in [3.63, 3.8) is 0 Å². The van der Waals surface area contributed by atoms with Gasteiger partial charge in [-0.1, -0.05) is 5.92 Å². The van der Waals surface area contributed by atoms with Crippen LogP contribution in [0.3, 0.4) is 0 Å². The molecule has 0 aliphatic heterocycles. The quantitative estimate of drug-likeness (QED) is 0.817. The number of carboxylic acids is 1. The van der Waals surface area contributed by atoms with Crippen molar-refractivity contribution in [1.82, 2.24) is 4.90 Å². The van der Waals surface area contributed by atoms with Gasteiger partial charge in [0.05, 0.1) is 12.1 Å². The van der Waals surface area contributed by atoms with E-state index in [1.54, 1.807) is 6.92 Å². The van der Waals surface area contributed by atoms with E-state index in [0.29, 0.717) is 6.54 Å². The Labute approximate surface area is 110 Å².